The molecule has 3 heteroatoms. The second-order valence-electron chi connectivity index (χ2n) is 4.75. The first-order valence-electron chi connectivity index (χ1n) is 6.30. The number of rotatable bonds is 4. The van der Waals surface area contributed by atoms with Crippen molar-refractivity contribution in [2.24, 2.45) is 0 Å². The Morgan fingerprint density at radius 1 is 1.21 bits per heavy atom. The van der Waals surface area contributed by atoms with E-state index in [9.17, 15) is 4.39 Å². The highest BCUT2D eigenvalue weighted by Crippen LogP contribution is 2.17. The zero-order valence-electron chi connectivity index (χ0n) is 11.1. The summed E-state index contributed by atoms with van der Waals surface area (Å²) in [7, 11) is 0. The molecule has 0 heterocycles. The molecule has 0 aliphatic carbocycles. The van der Waals surface area contributed by atoms with Gasteiger partial charge in [-0.25, -0.2) is 4.39 Å². The van der Waals surface area contributed by atoms with Crippen molar-refractivity contribution in [2.75, 3.05) is 0 Å². The molecular weight excluding hydrogens is 261 g/mol. The second kappa shape index (κ2) is 6.18. The van der Waals surface area contributed by atoms with Crippen molar-refractivity contribution in [1.82, 2.24) is 5.32 Å². The Balaban J connectivity index is 2.02. The van der Waals surface area contributed by atoms with Crippen LogP contribution in [0.5, 0.6) is 0 Å². The van der Waals surface area contributed by atoms with E-state index in [1.807, 2.05) is 6.07 Å². The first-order chi connectivity index (χ1) is 9.06. The molecule has 0 radical (unpaired) electrons. The number of hydrogen-bond acceptors (Lipinski definition) is 1. The zero-order valence-corrected chi connectivity index (χ0v) is 11.8. The van der Waals surface area contributed by atoms with Gasteiger partial charge in [-0.1, -0.05) is 47.5 Å². The molecule has 19 heavy (non-hydrogen) atoms. The van der Waals surface area contributed by atoms with Crippen molar-refractivity contribution in [3.63, 3.8) is 0 Å². The molecule has 0 fully saturated rings. The summed E-state index contributed by atoms with van der Waals surface area (Å²) in [4.78, 5) is 0. The lowest BCUT2D eigenvalue weighted by atomic mass is 10.1. The number of hydrogen-bond donors (Lipinski definition) is 1. The molecule has 0 saturated heterocycles. The number of halogens is 2. The smallest absolute Gasteiger partial charge is 0.129 e. The van der Waals surface area contributed by atoms with Gasteiger partial charge in [0.25, 0.3) is 0 Å². The van der Waals surface area contributed by atoms with Crippen LogP contribution in [-0.2, 0) is 6.54 Å². The molecule has 2 aromatic carbocycles. The Bertz CT molecular complexity index is 568. The summed E-state index contributed by atoms with van der Waals surface area (Å²) in [6.45, 7) is 4.62. The quantitative estimate of drug-likeness (QED) is 0.858. The Labute approximate surface area is 118 Å². The Morgan fingerprint density at radius 2 is 2.00 bits per heavy atom. The average Bonchev–Trinajstić information content (AvgIpc) is 2.37. The van der Waals surface area contributed by atoms with Crippen molar-refractivity contribution < 1.29 is 4.39 Å². The summed E-state index contributed by atoms with van der Waals surface area (Å²) in [6.07, 6.45) is 0. The van der Waals surface area contributed by atoms with Crippen LogP contribution in [0.1, 0.15) is 29.7 Å². The van der Waals surface area contributed by atoms with E-state index in [0.717, 1.165) is 0 Å². The van der Waals surface area contributed by atoms with E-state index in [4.69, 9.17) is 11.6 Å². The molecule has 0 spiro atoms. The van der Waals surface area contributed by atoms with Gasteiger partial charge >= 0.3 is 0 Å². The summed E-state index contributed by atoms with van der Waals surface area (Å²) < 4.78 is 13.6. The van der Waals surface area contributed by atoms with Gasteiger partial charge in [-0.05, 0) is 31.5 Å². The Hall–Kier alpha value is -1.38. The highest BCUT2D eigenvalue weighted by atomic mass is 35.5. The minimum Gasteiger partial charge on any atom is -0.306 e. The topological polar surface area (TPSA) is 12.0 Å². The molecule has 0 amide bonds. The molecular formula is C16H17ClFN. The van der Waals surface area contributed by atoms with Crippen molar-refractivity contribution in [2.45, 2.75) is 26.4 Å². The van der Waals surface area contributed by atoms with E-state index in [1.54, 1.807) is 12.1 Å². The fraction of sp³-hybridized carbons (Fsp3) is 0.250. The fourth-order valence-corrected chi connectivity index (χ4v) is 2.14. The third kappa shape index (κ3) is 3.79. The van der Waals surface area contributed by atoms with Gasteiger partial charge < -0.3 is 5.32 Å². The van der Waals surface area contributed by atoms with Crippen LogP contribution < -0.4 is 5.32 Å². The Morgan fingerprint density at radius 3 is 2.68 bits per heavy atom. The molecule has 0 unspecified atom stereocenters. The highest BCUT2D eigenvalue weighted by Gasteiger charge is 2.07. The maximum absolute atomic E-state index is 13.6. The van der Waals surface area contributed by atoms with Gasteiger partial charge in [-0.15, -0.1) is 0 Å². The summed E-state index contributed by atoms with van der Waals surface area (Å²) in [5, 5.41) is 3.74. The van der Waals surface area contributed by atoms with Crippen LogP contribution in [0, 0.1) is 12.7 Å². The van der Waals surface area contributed by atoms with E-state index in [-0.39, 0.29) is 11.9 Å². The van der Waals surface area contributed by atoms with Gasteiger partial charge in [-0.2, -0.15) is 0 Å². The molecule has 1 N–H and O–H groups in total. The zero-order chi connectivity index (χ0) is 13.8. The van der Waals surface area contributed by atoms with Gasteiger partial charge in [0.15, 0.2) is 0 Å². The number of aryl methyl sites for hydroxylation is 1. The predicted molar refractivity (Wildman–Crippen MR) is 77.8 cm³/mol. The summed E-state index contributed by atoms with van der Waals surface area (Å²) in [5.41, 5.74) is 3.06. The molecule has 1 nitrogen and oxygen atoms in total. The van der Waals surface area contributed by atoms with Crippen molar-refractivity contribution in [3.05, 3.63) is 70.0 Å². The first-order valence-corrected chi connectivity index (χ1v) is 6.68. The maximum atomic E-state index is 13.6. The number of nitrogens with one attached hydrogen (secondary N) is 1. The van der Waals surface area contributed by atoms with Gasteiger partial charge in [0.05, 0.1) is 0 Å². The monoisotopic (exact) mass is 277 g/mol. The number of benzene rings is 2. The molecule has 1 atom stereocenters. The van der Waals surface area contributed by atoms with Crippen molar-refractivity contribution in [3.8, 4) is 0 Å². The van der Waals surface area contributed by atoms with Crippen LogP contribution in [0.3, 0.4) is 0 Å². The lowest BCUT2D eigenvalue weighted by molar-refractivity contribution is 0.544. The van der Waals surface area contributed by atoms with E-state index in [2.05, 4.69) is 37.4 Å². The van der Waals surface area contributed by atoms with Gasteiger partial charge in [0, 0.05) is 23.2 Å². The van der Waals surface area contributed by atoms with Crippen molar-refractivity contribution >= 4 is 11.6 Å². The van der Waals surface area contributed by atoms with Crippen molar-refractivity contribution in [1.29, 1.82) is 0 Å². The molecule has 0 aliphatic rings. The van der Waals surface area contributed by atoms with Gasteiger partial charge in [0.2, 0.25) is 0 Å². The maximum Gasteiger partial charge on any atom is 0.129 e. The minimum atomic E-state index is -0.267. The van der Waals surface area contributed by atoms with E-state index in [0.29, 0.717) is 17.1 Å². The van der Waals surface area contributed by atoms with Crippen LogP contribution in [0.15, 0.2) is 42.5 Å². The van der Waals surface area contributed by atoms with E-state index < -0.39 is 0 Å². The van der Waals surface area contributed by atoms with Gasteiger partial charge in [-0.3, -0.25) is 0 Å². The molecule has 0 aromatic heterocycles. The minimum absolute atomic E-state index is 0.176. The SMILES string of the molecule is Cc1cccc([C@@H](C)NCc2ccc(Cl)cc2F)c1. The summed E-state index contributed by atoms with van der Waals surface area (Å²) in [6, 6.07) is 13.2. The normalized spacial score (nSPS) is 12.4. The van der Waals surface area contributed by atoms with E-state index >= 15 is 0 Å². The van der Waals surface area contributed by atoms with Crippen LogP contribution in [0.2, 0.25) is 5.02 Å². The van der Waals surface area contributed by atoms with Crippen LogP contribution in [0.4, 0.5) is 4.39 Å². The lowest BCUT2D eigenvalue weighted by Gasteiger charge is -2.15. The van der Waals surface area contributed by atoms with Gasteiger partial charge in [0.1, 0.15) is 5.82 Å². The molecule has 0 saturated carbocycles. The third-order valence-corrected chi connectivity index (χ3v) is 3.39. The standard InChI is InChI=1S/C16H17ClFN/c1-11-4-3-5-13(8-11)12(2)19-10-14-6-7-15(17)9-16(14)18/h3-9,12,19H,10H2,1-2H3/t12-/m1/s1. The molecule has 0 bridgehead atoms. The molecule has 2 aromatic rings. The second-order valence-corrected chi connectivity index (χ2v) is 5.19. The van der Waals surface area contributed by atoms with Crippen LogP contribution in [-0.4, -0.2) is 0 Å². The largest absolute Gasteiger partial charge is 0.306 e. The summed E-state index contributed by atoms with van der Waals surface area (Å²) >= 11 is 5.73. The fourth-order valence-electron chi connectivity index (χ4n) is 1.99. The molecule has 100 valence electrons. The van der Waals surface area contributed by atoms with Crippen LogP contribution in [0.25, 0.3) is 0 Å². The Kier molecular flexibility index (Phi) is 4.56. The summed E-state index contributed by atoms with van der Waals surface area (Å²) in [5.74, 6) is -0.267. The lowest BCUT2D eigenvalue weighted by Crippen LogP contribution is -2.18. The average molecular weight is 278 g/mol. The van der Waals surface area contributed by atoms with Crippen LogP contribution >= 0.6 is 11.6 Å². The molecule has 0 aliphatic heterocycles. The highest BCUT2D eigenvalue weighted by molar-refractivity contribution is 6.30. The third-order valence-electron chi connectivity index (χ3n) is 3.16. The first kappa shape index (κ1) is 14.0. The van der Waals surface area contributed by atoms with E-state index in [1.165, 1.54) is 17.2 Å². The molecule has 2 rings (SSSR count). The predicted octanol–water partition coefficient (Wildman–Crippen LogP) is 4.64.